The molecule has 2 aliphatic rings. The molecule has 2 rings (SSSR count). The third-order valence-electron chi connectivity index (χ3n) is 1.93. The molecule has 0 fully saturated rings. The van der Waals surface area contributed by atoms with E-state index in [-0.39, 0.29) is 0 Å². The molecule has 11 heavy (non-hydrogen) atoms. The fourth-order valence-electron chi connectivity index (χ4n) is 1.34. The van der Waals surface area contributed by atoms with Crippen molar-refractivity contribution in [2.45, 2.75) is 11.7 Å². The highest BCUT2D eigenvalue weighted by Gasteiger charge is 2.23. The molecule has 0 N–H and O–H groups in total. The Hall–Kier alpha value is -0.760. The minimum atomic E-state index is 0.514. The predicted octanol–water partition coefficient (Wildman–Crippen LogP) is 2.07. The lowest BCUT2D eigenvalue weighted by molar-refractivity contribution is -0.104. The molecule has 0 aromatic heterocycles. The maximum Gasteiger partial charge on any atom is 0.150 e. The zero-order chi connectivity index (χ0) is 7.68. The third-order valence-corrected chi connectivity index (χ3v) is 3.09. The van der Waals surface area contributed by atoms with Crippen LogP contribution in [0.15, 0.2) is 34.8 Å². The van der Waals surface area contributed by atoms with Crippen molar-refractivity contribution < 1.29 is 4.79 Å². The van der Waals surface area contributed by atoms with E-state index in [0.717, 1.165) is 18.3 Å². The van der Waals surface area contributed by atoms with Crippen LogP contribution in [0.4, 0.5) is 0 Å². The van der Waals surface area contributed by atoms with Gasteiger partial charge in [0, 0.05) is 10.8 Å². The number of aldehydes is 1. The summed E-state index contributed by atoms with van der Waals surface area (Å²) in [5.41, 5.74) is 2.07. The van der Waals surface area contributed by atoms with Crippen LogP contribution in [0.2, 0.25) is 0 Å². The molecule has 1 aliphatic heterocycles. The van der Waals surface area contributed by atoms with E-state index in [4.69, 9.17) is 0 Å². The molecule has 0 aromatic carbocycles. The molecule has 0 saturated heterocycles. The summed E-state index contributed by atoms with van der Waals surface area (Å²) in [7, 11) is 0. The van der Waals surface area contributed by atoms with Crippen LogP contribution >= 0.6 is 11.8 Å². The Kier molecular flexibility index (Phi) is 1.70. The largest absolute Gasteiger partial charge is 0.298 e. The van der Waals surface area contributed by atoms with Gasteiger partial charge in [0.1, 0.15) is 0 Å². The van der Waals surface area contributed by atoms with Crippen LogP contribution < -0.4 is 0 Å². The molecule has 2 heteroatoms. The Morgan fingerprint density at radius 2 is 2.55 bits per heavy atom. The molecule has 1 heterocycles. The lowest BCUT2D eigenvalue weighted by Crippen LogP contribution is -2.04. The fourth-order valence-corrected chi connectivity index (χ4v) is 2.42. The van der Waals surface area contributed by atoms with Gasteiger partial charge < -0.3 is 0 Å². The molecule has 1 atom stereocenters. The Bertz CT molecular complexity index is 273. The number of allylic oxidation sites excluding steroid dienone is 4. The van der Waals surface area contributed by atoms with Crippen molar-refractivity contribution in [1.29, 1.82) is 0 Å². The van der Waals surface area contributed by atoms with Gasteiger partial charge >= 0.3 is 0 Å². The summed E-state index contributed by atoms with van der Waals surface area (Å²) in [6, 6.07) is 0. The molecule has 1 nitrogen and oxygen atoms in total. The summed E-state index contributed by atoms with van der Waals surface area (Å²) in [5, 5.41) is 2.47. The molecule has 0 amide bonds. The lowest BCUT2D eigenvalue weighted by atomic mass is 9.99. The Labute approximate surface area is 69.9 Å². The summed E-state index contributed by atoms with van der Waals surface area (Å²) in [6.45, 7) is 0. The minimum Gasteiger partial charge on any atom is -0.298 e. The van der Waals surface area contributed by atoms with Gasteiger partial charge in [-0.05, 0) is 17.4 Å². The number of hydrogen-bond donors (Lipinski definition) is 0. The normalized spacial score (nSPS) is 27.5. The topological polar surface area (TPSA) is 17.1 Å². The average molecular weight is 164 g/mol. The van der Waals surface area contributed by atoms with Gasteiger partial charge in [-0.2, -0.15) is 0 Å². The van der Waals surface area contributed by atoms with E-state index in [1.54, 1.807) is 11.8 Å². The van der Waals surface area contributed by atoms with Crippen LogP contribution in [0.25, 0.3) is 0 Å². The zero-order valence-electron chi connectivity index (χ0n) is 5.99. The Balaban J connectivity index is 2.34. The maximum absolute atomic E-state index is 10.5. The number of rotatable bonds is 1. The minimum absolute atomic E-state index is 0.514. The quantitative estimate of drug-likeness (QED) is 0.552. The van der Waals surface area contributed by atoms with E-state index in [2.05, 4.69) is 6.08 Å². The molecule has 0 bridgehead atoms. The maximum atomic E-state index is 10.5. The van der Waals surface area contributed by atoms with Crippen LogP contribution in [0.5, 0.6) is 0 Å². The average Bonchev–Trinajstić information content (AvgIpc) is 2.47. The molecule has 1 aliphatic carbocycles. The number of hydrogen-bond acceptors (Lipinski definition) is 2. The second-order valence-corrected chi connectivity index (χ2v) is 3.68. The van der Waals surface area contributed by atoms with E-state index >= 15 is 0 Å². The summed E-state index contributed by atoms with van der Waals surface area (Å²) < 4.78 is 0. The van der Waals surface area contributed by atoms with Gasteiger partial charge in [0.05, 0.1) is 0 Å². The van der Waals surface area contributed by atoms with Gasteiger partial charge in [-0.3, -0.25) is 4.79 Å². The van der Waals surface area contributed by atoms with Gasteiger partial charge in [-0.25, -0.2) is 0 Å². The van der Waals surface area contributed by atoms with E-state index < -0.39 is 0 Å². The predicted molar refractivity (Wildman–Crippen MR) is 47.4 cm³/mol. The summed E-state index contributed by atoms with van der Waals surface area (Å²) in [5.74, 6) is 0. The highest BCUT2D eigenvalue weighted by atomic mass is 32.2. The van der Waals surface area contributed by atoms with E-state index in [0.29, 0.717) is 5.25 Å². The summed E-state index contributed by atoms with van der Waals surface area (Å²) >= 11 is 1.75. The highest BCUT2D eigenvalue weighted by molar-refractivity contribution is 8.03. The van der Waals surface area contributed by atoms with Crippen molar-refractivity contribution in [3.05, 3.63) is 34.8 Å². The summed E-state index contributed by atoms with van der Waals surface area (Å²) in [4.78, 5) is 10.5. The standard InChI is InChI=1S/C9H8OS/c10-5-7-6-11-9-4-2-1-3-8(7)9/h1-3,5-6,9H,4H2. The van der Waals surface area contributed by atoms with E-state index in [1.165, 1.54) is 5.57 Å². The van der Waals surface area contributed by atoms with Crippen molar-refractivity contribution in [2.24, 2.45) is 0 Å². The number of thioether (sulfide) groups is 1. The van der Waals surface area contributed by atoms with Gasteiger partial charge in [0.25, 0.3) is 0 Å². The number of carbonyl (C=O) groups is 1. The Morgan fingerprint density at radius 3 is 3.36 bits per heavy atom. The van der Waals surface area contributed by atoms with Crippen LogP contribution in [0.1, 0.15) is 6.42 Å². The fraction of sp³-hybridized carbons (Fsp3) is 0.222. The number of carbonyl (C=O) groups excluding carboxylic acids is 1. The molecule has 0 spiro atoms. The monoisotopic (exact) mass is 164 g/mol. The Morgan fingerprint density at radius 1 is 1.64 bits per heavy atom. The van der Waals surface area contributed by atoms with E-state index in [1.807, 2.05) is 17.6 Å². The van der Waals surface area contributed by atoms with Crippen molar-refractivity contribution >= 4 is 18.0 Å². The molecule has 1 unspecified atom stereocenters. The molecule has 56 valence electrons. The van der Waals surface area contributed by atoms with E-state index in [9.17, 15) is 4.79 Å². The van der Waals surface area contributed by atoms with Crippen molar-refractivity contribution in [3.8, 4) is 0 Å². The molecule has 0 radical (unpaired) electrons. The molecular formula is C9H8OS. The second kappa shape index (κ2) is 2.70. The second-order valence-electron chi connectivity index (χ2n) is 2.60. The number of fused-ring (bicyclic) bond motifs is 1. The first-order chi connectivity index (χ1) is 5.42. The first kappa shape index (κ1) is 6.92. The summed E-state index contributed by atoms with van der Waals surface area (Å²) in [6.07, 6.45) is 8.20. The van der Waals surface area contributed by atoms with Crippen LogP contribution in [0.3, 0.4) is 0 Å². The third kappa shape index (κ3) is 1.07. The lowest BCUT2D eigenvalue weighted by Gasteiger charge is -2.11. The van der Waals surface area contributed by atoms with Crippen molar-refractivity contribution in [3.63, 3.8) is 0 Å². The first-order valence-electron chi connectivity index (χ1n) is 3.59. The van der Waals surface area contributed by atoms with Crippen LogP contribution in [-0.2, 0) is 4.79 Å². The highest BCUT2D eigenvalue weighted by Crippen LogP contribution is 2.38. The molecule has 0 saturated carbocycles. The van der Waals surface area contributed by atoms with Gasteiger partial charge in [0.15, 0.2) is 6.29 Å². The van der Waals surface area contributed by atoms with Crippen LogP contribution in [0, 0.1) is 0 Å². The van der Waals surface area contributed by atoms with Gasteiger partial charge in [-0.1, -0.05) is 18.2 Å². The van der Waals surface area contributed by atoms with Crippen molar-refractivity contribution in [1.82, 2.24) is 0 Å². The first-order valence-corrected chi connectivity index (χ1v) is 4.54. The van der Waals surface area contributed by atoms with Crippen LogP contribution in [-0.4, -0.2) is 11.5 Å². The van der Waals surface area contributed by atoms with Gasteiger partial charge in [0.2, 0.25) is 0 Å². The molecular weight excluding hydrogens is 156 g/mol. The SMILES string of the molecule is O=CC1=CSC2CC=CC=C12. The smallest absolute Gasteiger partial charge is 0.150 e. The van der Waals surface area contributed by atoms with Gasteiger partial charge in [-0.15, -0.1) is 11.8 Å². The van der Waals surface area contributed by atoms with Crippen molar-refractivity contribution in [2.75, 3.05) is 0 Å². The zero-order valence-corrected chi connectivity index (χ0v) is 6.80. The molecule has 0 aromatic rings.